The average Bonchev–Trinajstić information content (AvgIpc) is 2.40. The van der Waals surface area contributed by atoms with Crippen molar-refractivity contribution >= 4 is 17.7 Å². The number of ether oxygens (including phenoxy) is 2. The van der Waals surface area contributed by atoms with Crippen molar-refractivity contribution in [1.82, 2.24) is 5.32 Å². The summed E-state index contributed by atoms with van der Waals surface area (Å²) in [5, 5.41) is 5.49. The summed E-state index contributed by atoms with van der Waals surface area (Å²) in [6, 6.07) is 7.03. The largest absolute Gasteiger partial charge is 0.492 e. The van der Waals surface area contributed by atoms with Crippen LogP contribution in [0.4, 0.5) is 10.5 Å². The van der Waals surface area contributed by atoms with E-state index in [1.54, 1.807) is 45.0 Å². The lowest BCUT2D eigenvalue weighted by atomic mass is 9.92. The van der Waals surface area contributed by atoms with Gasteiger partial charge in [0.05, 0.1) is 6.54 Å². The number of benzene rings is 1. The first-order valence-corrected chi connectivity index (χ1v) is 8.44. The molecule has 1 rings (SSSR count). The van der Waals surface area contributed by atoms with E-state index in [1.165, 1.54) is 0 Å². The molecule has 6 nitrogen and oxygen atoms in total. The third-order valence-electron chi connectivity index (χ3n) is 2.86. The van der Waals surface area contributed by atoms with Crippen LogP contribution < -0.4 is 15.4 Å². The number of amides is 2. The zero-order valence-corrected chi connectivity index (χ0v) is 16.1. The molecular weight excluding hydrogens is 320 g/mol. The Morgan fingerprint density at radius 1 is 1.08 bits per heavy atom. The lowest BCUT2D eigenvalue weighted by Gasteiger charge is -2.19. The number of hydrogen-bond donors (Lipinski definition) is 2. The third kappa shape index (κ3) is 10.3. The standard InChI is InChI=1S/C19H30N2O4/c1-18(2,3)13-16(22)20-10-11-24-15-9-7-8-14(12-15)21-17(23)25-19(4,5)6/h7-9,12H,10-11,13H2,1-6H3,(H,20,22)(H,21,23). The normalized spacial score (nSPS) is 11.6. The van der Waals surface area contributed by atoms with Crippen LogP contribution in [0.5, 0.6) is 5.75 Å². The molecule has 0 aliphatic rings. The minimum atomic E-state index is -0.552. The van der Waals surface area contributed by atoms with Crippen LogP contribution in [0.3, 0.4) is 0 Å². The van der Waals surface area contributed by atoms with E-state index >= 15 is 0 Å². The van der Waals surface area contributed by atoms with Crippen LogP contribution in [-0.4, -0.2) is 30.8 Å². The second-order valence-corrected chi connectivity index (χ2v) is 8.09. The van der Waals surface area contributed by atoms with Gasteiger partial charge in [-0.1, -0.05) is 26.8 Å². The quantitative estimate of drug-likeness (QED) is 0.761. The van der Waals surface area contributed by atoms with Crippen LogP contribution in [0.15, 0.2) is 24.3 Å². The summed E-state index contributed by atoms with van der Waals surface area (Å²) in [5.74, 6) is 0.620. The van der Waals surface area contributed by atoms with E-state index in [0.717, 1.165) is 0 Å². The van der Waals surface area contributed by atoms with E-state index < -0.39 is 11.7 Å². The number of hydrogen-bond acceptors (Lipinski definition) is 4. The highest BCUT2D eigenvalue weighted by atomic mass is 16.6. The Hall–Kier alpha value is -2.24. The van der Waals surface area contributed by atoms with Crippen LogP contribution in [0.25, 0.3) is 0 Å². The molecule has 0 aromatic heterocycles. The molecule has 0 atom stereocenters. The highest BCUT2D eigenvalue weighted by Gasteiger charge is 2.16. The minimum Gasteiger partial charge on any atom is -0.492 e. The van der Waals surface area contributed by atoms with E-state index in [-0.39, 0.29) is 11.3 Å². The van der Waals surface area contributed by atoms with E-state index in [4.69, 9.17) is 9.47 Å². The Morgan fingerprint density at radius 3 is 2.36 bits per heavy atom. The Labute approximate surface area is 150 Å². The van der Waals surface area contributed by atoms with Gasteiger partial charge in [-0.15, -0.1) is 0 Å². The molecule has 0 aliphatic carbocycles. The molecule has 6 heteroatoms. The molecule has 0 heterocycles. The van der Waals surface area contributed by atoms with Crippen LogP contribution >= 0.6 is 0 Å². The smallest absolute Gasteiger partial charge is 0.412 e. The van der Waals surface area contributed by atoms with Crippen molar-refractivity contribution in [2.24, 2.45) is 5.41 Å². The third-order valence-corrected chi connectivity index (χ3v) is 2.86. The van der Waals surface area contributed by atoms with Gasteiger partial charge in [0.2, 0.25) is 5.91 Å². The lowest BCUT2D eigenvalue weighted by Crippen LogP contribution is -2.31. The van der Waals surface area contributed by atoms with Crippen molar-refractivity contribution in [3.8, 4) is 5.75 Å². The second-order valence-electron chi connectivity index (χ2n) is 8.09. The molecule has 0 saturated carbocycles. The number of nitrogens with one attached hydrogen (secondary N) is 2. The van der Waals surface area contributed by atoms with Gasteiger partial charge in [0.1, 0.15) is 18.0 Å². The van der Waals surface area contributed by atoms with Crippen molar-refractivity contribution in [2.45, 2.75) is 53.6 Å². The van der Waals surface area contributed by atoms with Gasteiger partial charge in [0.25, 0.3) is 0 Å². The van der Waals surface area contributed by atoms with Gasteiger partial charge < -0.3 is 14.8 Å². The lowest BCUT2D eigenvalue weighted by molar-refractivity contribution is -0.122. The predicted octanol–water partition coefficient (Wildman–Crippen LogP) is 3.96. The zero-order chi connectivity index (χ0) is 19.1. The monoisotopic (exact) mass is 350 g/mol. The molecule has 0 unspecified atom stereocenters. The second kappa shape index (κ2) is 8.74. The summed E-state index contributed by atoms with van der Waals surface area (Å²) >= 11 is 0. The van der Waals surface area contributed by atoms with E-state index in [9.17, 15) is 9.59 Å². The minimum absolute atomic E-state index is 0.0106. The van der Waals surface area contributed by atoms with Crippen molar-refractivity contribution in [2.75, 3.05) is 18.5 Å². The van der Waals surface area contributed by atoms with Gasteiger partial charge >= 0.3 is 6.09 Å². The molecule has 0 fully saturated rings. The van der Waals surface area contributed by atoms with Crippen molar-refractivity contribution in [3.05, 3.63) is 24.3 Å². The summed E-state index contributed by atoms with van der Waals surface area (Å²) in [6.07, 6.45) is -0.0402. The summed E-state index contributed by atoms with van der Waals surface area (Å²) in [5.41, 5.74) is -0.000651. The van der Waals surface area contributed by atoms with Crippen LogP contribution in [0.2, 0.25) is 0 Å². The first-order valence-electron chi connectivity index (χ1n) is 8.44. The fourth-order valence-electron chi connectivity index (χ4n) is 1.99. The maximum absolute atomic E-state index is 11.8. The van der Waals surface area contributed by atoms with Gasteiger partial charge in [-0.05, 0) is 38.3 Å². The Kier molecular flexibility index (Phi) is 7.27. The SMILES string of the molecule is CC(C)(C)CC(=O)NCCOc1cccc(NC(=O)OC(C)(C)C)c1. The molecule has 1 aromatic rings. The molecule has 0 spiro atoms. The Bertz CT molecular complexity index is 586. The van der Waals surface area contributed by atoms with Gasteiger partial charge in [-0.3, -0.25) is 10.1 Å². The number of rotatable bonds is 6. The van der Waals surface area contributed by atoms with Crippen LogP contribution in [0.1, 0.15) is 48.0 Å². The summed E-state index contributed by atoms with van der Waals surface area (Å²) in [6.45, 7) is 12.3. The van der Waals surface area contributed by atoms with E-state index in [0.29, 0.717) is 31.0 Å². The molecule has 2 N–H and O–H groups in total. The van der Waals surface area contributed by atoms with E-state index in [1.807, 2.05) is 20.8 Å². The fraction of sp³-hybridized carbons (Fsp3) is 0.579. The van der Waals surface area contributed by atoms with Crippen molar-refractivity contribution in [1.29, 1.82) is 0 Å². The average molecular weight is 350 g/mol. The molecule has 25 heavy (non-hydrogen) atoms. The summed E-state index contributed by atoms with van der Waals surface area (Å²) < 4.78 is 10.8. The molecular formula is C19H30N2O4. The Balaban J connectivity index is 2.41. The molecule has 0 saturated heterocycles. The zero-order valence-electron chi connectivity index (χ0n) is 16.1. The van der Waals surface area contributed by atoms with E-state index in [2.05, 4.69) is 10.6 Å². The molecule has 1 aromatic carbocycles. The number of carbonyl (C=O) groups excluding carboxylic acids is 2. The van der Waals surface area contributed by atoms with Gasteiger partial charge in [0, 0.05) is 18.2 Å². The van der Waals surface area contributed by atoms with Crippen molar-refractivity contribution < 1.29 is 19.1 Å². The molecule has 140 valence electrons. The maximum Gasteiger partial charge on any atom is 0.412 e. The highest BCUT2D eigenvalue weighted by Crippen LogP contribution is 2.19. The maximum atomic E-state index is 11.8. The van der Waals surface area contributed by atoms with Gasteiger partial charge in [-0.2, -0.15) is 0 Å². The van der Waals surface area contributed by atoms with Crippen molar-refractivity contribution in [3.63, 3.8) is 0 Å². The van der Waals surface area contributed by atoms with Gasteiger partial charge in [0.15, 0.2) is 0 Å². The summed E-state index contributed by atoms with van der Waals surface area (Å²) in [4.78, 5) is 23.5. The van der Waals surface area contributed by atoms with Crippen LogP contribution in [0, 0.1) is 5.41 Å². The first kappa shape index (κ1) is 20.8. The predicted molar refractivity (Wildman–Crippen MR) is 98.9 cm³/mol. The van der Waals surface area contributed by atoms with Crippen LogP contribution in [-0.2, 0) is 9.53 Å². The molecule has 0 bridgehead atoms. The molecule has 0 radical (unpaired) electrons. The number of anilines is 1. The fourth-order valence-corrected chi connectivity index (χ4v) is 1.99. The first-order chi connectivity index (χ1) is 11.4. The molecule has 0 aliphatic heterocycles. The topological polar surface area (TPSA) is 76.7 Å². The van der Waals surface area contributed by atoms with Gasteiger partial charge in [-0.25, -0.2) is 4.79 Å². The Morgan fingerprint density at radius 2 is 1.76 bits per heavy atom. The number of carbonyl (C=O) groups is 2. The highest BCUT2D eigenvalue weighted by molar-refractivity contribution is 5.85. The summed E-state index contributed by atoms with van der Waals surface area (Å²) in [7, 11) is 0. The molecule has 2 amide bonds.